The Bertz CT molecular complexity index is 606. The Labute approximate surface area is 148 Å². The van der Waals surface area contributed by atoms with Gasteiger partial charge in [-0.15, -0.1) is 0 Å². The van der Waals surface area contributed by atoms with Gasteiger partial charge in [0.1, 0.15) is 11.6 Å². The third-order valence-electron chi connectivity index (χ3n) is 3.14. The molecular weight excluding hydrogens is 322 g/mol. The summed E-state index contributed by atoms with van der Waals surface area (Å²) in [5.41, 5.74) is 0.726. The molecule has 0 heterocycles. The van der Waals surface area contributed by atoms with Crippen LogP contribution < -0.4 is 16.0 Å². The Morgan fingerprint density at radius 1 is 1.08 bits per heavy atom. The number of carbonyl (C=O) groups is 3. The highest BCUT2D eigenvalue weighted by molar-refractivity contribution is 5.97. The average molecular weight is 349 g/mol. The molecule has 0 fully saturated rings. The Balaban J connectivity index is 2.54. The zero-order valence-corrected chi connectivity index (χ0v) is 15.4. The second kappa shape index (κ2) is 9.05. The van der Waals surface area contributed by atoms with Crippen molar-refractivity contribution in [1.29, 1.82) is 0 Å². The molecule has 1 rings (SSSR count). The van der Waals surface area contributed by atoms with Crippen molar-refractivity contribution in [2.24, 2.45) is 0 Å². The molecule has 0 spiro atoms. The van der Waals surface area contributed by atoms with Crippen molar-refractivity contribution in [1.82, 2.24) is 16.0 Å². The number of carbonyl (C=O) groups excluding carboxylic acids is 3. The van der Waals surface area contributed by atoms with Crippen molar-refractivity contribution >= 4 is 17.9 Å². The first-order valence-electron chi connectivity index (χ1n) is 8.26. The van der Waals surface area contributed by atoms with Crippen LogP contribution in [0.3, 0.4) is 0 Å². The predicted molar refractivity (Wildman–Crippen MR) is 95.1 cm³/mol. The lowest BCUT2D eigenvalue weighted by Gasteiger charge is -2.19. The van der Waals surface area contributed by atoms with Gasteiger partial charge in [-0.25, -0.2) is 4.79 Å². The fourth-order valence-electron chi connectivity index (χ4n) is 1.94. The third-order valence-corrected chi connectivity index (χ3v) is 3.14. The maximum Gasteiger partial charge on any atom is 0.407 e. The fourth-order valence-corrected chi connectivity index (χ4v) is 1.94. The lowest BCUT2D eigenvalue weighted by molar-refractivity contribution is -0.122. The maximum absolute atomic E-state index is 12.1. The number of nitrogens with one attached hydrogen (secondary N) is 3. The standard InChI is InChI=1S/C18H27N3O4/c1-6-19-15(22)12(2)21-16(23)14-9-7-13(8-10-14)11-20-17(24)25-18(3,4)5/h7-10,12H,6,11H2,1-5H3,(H,19,22)(H,20,24)(H,21,23)/t12-/m0/s1. The lowest BCUT2D eigenvalue weighted by Crippen LogP contribution is -2.44. The summed E-state index contributed by atoms with van der Waals surface area (Å²) in [5.74, 6) is -0.556. The van der Waals surface area contributed by atoms with E-state index >= 15 is 0 Å². The molecule has 0 unspecified atom stereocenters. The largest absolute Gasteiger partial charge is 0.444 e. The number of hydrogen-bond donors (Lipinski definition) is 3. The molecule has 7 heteroatoms. The zero-order chi connectivity index (χ0) is 19.0. The number of rotatable bonds is 6. The van der Waals surface area contributed by atoms with E-state index in [0.29, 0.717) is 18.7 Å². The summed E-state index contributed by atoms with van der Waals surface area (Å²) in [6.45, 7) is 9.63. The van der Waals surface area contributed by atoms with Crippen LogP contribution in [0.5, 0.6) is 0 Å². The SMILES string of the molecule is CCNC(=O)[C@H](C)NC(=O)c1ccc(CNC(=O)OC(C)(C)C)cc1. The van der Waals surface area contributed by atoms with E-state index in [1.165, 1.54) is 0 Å². The normalized spacial score (nSPS) is 12.0. The van der Waals surface area contributed by atoms with Crippen LogP contribution in [-0.4, -0.2) is 36.1 Å². The number of hydrogen-bond acceptors (Lipinski definition) is 4. The molecule has 0 bridgehead atoms. The van der Waals surface area contributed by atoms with Crippen LogP contribution in [0.2, 0.25) is 0 Å². The van der Waals surface area contributed by atoms with Crippen molar-refractivity contribution in [2.45, 2.75) is 52.8 Å². The van der Waals surface area contributed by atoms with E-state index in [-0.39, 0.29) is 11.8 Å². The van der Waals surface area contributed by atoms with Crippen LogP contribution >= 0.6 is 0 Å². The molecule has 0 aliphatic carbocycles. The van der Waals surface area contributed by atoms with E-state index in [9.17, 15) is 14.4 Å². The molecule has 0 saturated heterocycles. The van der Waals surface area contributed by atoms with Gasteiger partial charge in [-0.1, -0.05) is 12.1 Å². The van der Waals surface area contributed by atoms with Crippen LogP contribution in [0.15, 0.2) is 24.3 Å². The first-order valence-corrected chi connectivity index (χ1v) is 8.26. The van der Waals surface area contributed by atoms with Gasteiger partial charge < -0.3 is 20.7 Å². The molecule has 1 aromatic rings. The molecule has 7 nitrogen and oxygen atoms in total. The van der Waals surface area contributed by atoms with Gasteiger partial charge in [0, 0.05) is 18.7 Å². The van der Waals surface area contributed by atoms with Crippen LogP contribution in [0.1, 0.15) is 50.5 Å². The van der Waals surface area contributed by atoms with E-state index < -0.39 is 17.7 Å². The fraction of sp³-hybridized carbons (Fsp3) is 0.500. The Kier molecular flexibility index (Phi) is 7.42. The summed E-state index contributed by atoms with van der Waals surface area (Å²) in [7, 11) is 0. The van der Waals surface area contributed by atoms with Gasteiger partial charge in [-0.05, 0) is 52.3 Å². The van der Waals surface area contributed by atoms with Crippen LogP contribution in [0.4, 0.5) is 4.79 Å². The monoisotopic (exact) mass is 349 g/mol. The molecule has 0 aromatic heterocycles. The highest BCUT2D eigenvalue weighted by atomic mass is 16.6. The molecule has 1 atom stereocenters. The summed E-state index contributed by atoms with van der Waals surface area (Å²) < 4.78 is 5.16. The quantitative estimate of drug-likeness (QED) is 0.731. The van der Waals surface area contributed by atoms with Crippen LogP contribution in [0, 0.1) is 0 Å². The minimum absolute atomic E-state index is 0.228. The van der Waals surface area contributed by atoms with E-state index in [0.717, 1.165) is 5.56 Å². The number of amides is 3. The summed E-state index contributed by atoms with van der Waals surface area (Å²) in [4.78, 5) is 35.4. The molecule has 0 aliphatic rings. The number of benzene rings is 1. The van der Waals surface area contributed by atoms with Crippen molar-refractivity contribution < 1.29 is 19.1 Å². The second-order valence-electron chi connectivity index (χ2n) is 6.64. The highest BCUT2D eigenvalue weighted by Gasteiger charge is 2.17. The first-order chi connectivity index (χ1) is 11.6. The van der Waals surface area contributed by atoms with E-state index in [2.05, 4.69) is 16.0 Å². The van der Waals surface area contributed by atoms with Gasteiger partial charge >= 0.3 is 6.09 Å². The molecule has 1 aromatic carbocycles. The zero-order valence-electron chi connectivity index (χ0n) is 15.4. The van der Waals surface area contributed by atoms with Crippen LogP contribution in [0.25, 0.3) is 0 Å². The Hall–Kier alpha value is -2.57. The summed E-state index contributed by atoms with van der Waals surface area (Å²) in [6.07, 6.45) is -0.495. The van der Waals surface area contributed by atoms with E-state index in [1.807, 2.05) is 6.92 Å². The molecule has 0 radical (unpaired) electrons. The van der Waals surface area contributed by atoms with Gasteiger partial charge in [-0.3, -0.25) is 9.59 Å². The van der Waals surface area contributed by atoms with Gasteiger partial charge in [0.25, 0.3) is 5.91 Å². The van der Waals surface area contributed by atoms with Gasteiger partial charge in [0.05, 0.1) is 0 Å². The van der Waals surface area contributed by atoms with Crippen molar-refractivity contribution in [3.8, 4) is 0 Å². The van der Waals surface area contributed by atoms with Crippen molar-refractivity contribution in [2.75, 3.05) is 6.54 Å². The Morgan fingerprint density at radius 3 is 2.20 bits per heavy atom. The summed E-state index contributed by atoms with van der Waals surface area (Å²) in [5, 5.41) is 7.94. The van der Waals surface area contributed by atoms with Crippen LogP contribution in [-0.2, 0) is 16.1 Å². The number of likely N-dealkylation sites (N-methyl/N-ethyl adjacent to an activating group) is 1. The van der Waals surface area contributed by atoms with Gasteiger partial charge in [0.15, 0.2) is 0 Å². The minimum atomic E-state index is -0.610. The van der Waals surface area contributed by atoms with E-state index in [4.69, 9.17) is 4.74 Å². The summed E-state index contributed by atoms with van der Waals surface area (Å²) in [6, 6.07) is 6.16. The minimum Gasteiger partial charge on any atom is -0.444 e. The number of ether oxygens (including phenoxy) is 1. The lowest BCUT2D eigenvalue weighted by atomic mass is 10.1. The molecule has 138 valence electrons. The molecule has 0 saturated carbocycles. The smallest absolute Gasteiger partial charge is 0.407 e. The average Bonchev–Trinajstić information content (AvgIpc) is 2.52. The Morgan fingerprint density at radius 2 is 1.68 bits per heavy atom. The molecule has 25 heavy (non-hydrogen) atoms. The first kappa shape index (κ1) is 20.5. The van der Waals surface area contributed by atoms with Gasteiger partial charge in [0.2, 0.25) is 5.91 Å². The van der Waals surface area contributed by atoms with Crippen molar-refractivity contribution in [3.05, 3.63) is 35.4 Å². The molecule has 3 N–H and O–H groups in total. The number of alkyl carbamates (subject to hydrolysis) is 1. The second-order valence-corrected chi connectivity index (χ2v) is 6.64. The molecule has 0 aliphatic heterocycles. The molecular formula is C18H27N3O4. The van der Waals surface area contributed by atoms with E-state index in [1.54, 1.807) is 52.0 Å². The third kappa shape index (κ3) is 7.69. The predicted octanol–water partition coefficient (Wildman–Crippen LogP) is 1.97. The summed E-state index contributed by atoms with van der Waals surface area (Å²) >= 11 is 0. The maximum atomic E-state index is 12.1. The topological polar surface area (TPSA) is 96.5 Å². The highest BCUT2D eigenvalue weighted by Crippen LogP contribution is 2.08. The van der Waals surface area contributed by atoms with Crippen molar-refractivity contribution in [3.63, 3.8) is 0 Å². The van der Waals surface area contributed by atoms with Gasteiger partial charge in [-0.2, -0.15) is 0 Å². The molecule has 3 amide bonds.